The standard InChI is InChI=1S/C23H27N3OS/c1-16-11-13-17(14-12-16)24-23(27)19-8-4-6-10-22(19)28-15-20-18-7-3-5-9-21(18)26(2)25-20/h3-10,16-17H,11-15H2,1-2H3,(H,24,27). The molecule has 0 aliphatic heterocycles. The van der Waals surface area contributed by atoms with Crippen LogP contribution in [0.5, 0.6) is 0 Å². The lowest BCUT2D eigenvalue weighted by Gasteiger charge is -2.27. The summed E-state index contributed by atoms with van der Waals surface area (Å²) in [7, 11) is 1.98. The third-order valence-electron chi connectivity index (χ3n) is 5.68. The Morgan fingerprint density at radius 2 is 1.82 bits per heavy atom. The minimum absolute atomic E-state index is 0.0496. The van der Waals surface area contributed by atoms with E-state index in [-0.39, 0.29) is 5.91 Å². The monoisotopic (exact) mass is 393 g/mol. The van der Waals surface area contributed by atoms with E-state index in [1.807, 2.05) is 48.1 Å². The van der Waals surface area contributed by atoms with Crippen LogP contribution in [0, 0.1) is 5.92 Å². The predicted octanol–water partition coefficient (Wildman–Crippen LogP) is 5.17. The van der Waals surface area contributed by atoms with Crippen molar-refractivity contribution >= 4 is 28.6 Å². The lowest BCUT2D eigenvalue weighted by molar-refractivity contribution is 0.0920. The Balaban J connectivity index is 1.47. The van der Waals surface area contributed by atoms with E-state index in [2.05, 4.69) is 29.5 Å². The predicted molar refractivity (Wildman–Crippen MR) is 116 cm³/mol. The molecular formula is C23H27N3OS. The minimum atomic E-state index is 0.0496. The molecule has 1 heterocycles. The van der Waals surface area contributed by atoms with Gasteiger partial charge >= 0.3 is 0 Å². The van der Waals surface area contributed by atoms with Gasteiger partial charge in [0, 0.05) is 29.1 Å². The van der Waals surface area contributed by atoms with E-state index >= 15 is 0 Å². The van der Waals surface area contributed by atoms with Gasteiger partial charge in [-0.15, -0.1) is 11.8 Å². The van der Waals surface area contributed by atoms with Gasteiger partial charge < -0.3 is 5.32 Å². The van der Waals surface area contributed by atoms with Crippen LogP contribution in [0.15, 0.2) is 53.4 Å². The number of carbonyl (C=O) groups excluding carboxylic acids is 1. The number of hydrogen-bond donors (Lipinski definition) is 1. The first-order valence-corrected chi connectivity index (χ1v) is 11.0. The summed E-state index contributed by atoms with van der Waals surface area (Å²) >= 11 is 1.68. The van der Waals surface area contributed by atoms with Gasteiger partial charge in [-0.25, -0.2) is 0 Å². The number of fused-ring (bicyclic) bond motifs is 1. The Morgan fingerprint density at radius 3 is 2.64 bits per heavy atom. The van der Waals surface area contributed by atoms with Gasteiger partial charge in [0.1, 0.15) is 0 Å². The van der Waals surface area contributed by atoms with Crippen LogP contribution in [-0.4, -0.2) is 21.7 Å². The third kappa shape index (κ3) is 4.09. The number of rotatable bonds is 5. The Hall–Kier alpha value is -2.27. The third-order valence-corrected chi connectivity index (χ3v) is 6.77. The molecule has 5 heteroatoms. The van der Waals surface area contributed by atoms with Crippen molar-refractivity contribution in [3.63, 3.8) is 0 Å². The van der Waals surface area contributed by atoms with E-state index in [4.69, 9.17) is 0 Å². The van der Waals surface area contributed by atoms with Gasteiger partial charge in [-0.05, 0) is 49.8 Å². The number of nitrogens with zero attached hydrogens (tertiary/aromatic N) is 2. The van der Waals surface area contributed by atoms with E-state index in [0.717, 1.165) is 46.2 Å². The van der Waals surface area contributed by atoms with E-state index < -0.39 is 0 Å². The second kappa shape index (κ2) is 8.39. The molecule has 1 N–H and O–H groups in total. The SMILES string of the molecule is CC1CCC(NC(=O)c2ccccc2SCc2nn(C)c3ccccc23)CC1. The highest BCUT2D eigenvalue weighted by Crippen LogP contribution is 2.30. The topological polar surface area (TPSA) is 46.9 Å². The van der Waals surface area contributed by atoms with Crippen LogP contribution < -0.4 is 5.32 Å². The second-order valence-corrected chi connectivity index (χ2v) is 8.82. The van der Waals surface area contributed by atoms with Crippen molar-refractivity contribution in [1.29, 1.82) is 0 Å². The normalized spacial score (nSPS) is 19.6. The van der Waals surface area contributed by atoms with Crippen molar-refractivity contribution in [3.8, 4) is 0 Å². The van der Waals surface area contributed by atoms with E-state index in [1.165, 1.54) is 18.2 Å². The molecule has 1 saturated carbocycles. The fourth-order valence-corrected chi connectivity index (χ4v) is 4.99. The number of nitrogens with one attached hydrogen (secondary N) is 1. The minimum Gasteiger partial charge on any atom is -0.349 e. The fraction of sp³-hybridized carbons (Fsp3) is 0.391. The second-order valence-electron chi connectivity index (χ2n) is 7.80. The van der Waals surface area contributed by atoms with Crippen molar-refractivity contribution in [2.75, 3.05) is 0 Å². The van der Waals surface area contributed by atoms with Gasteiger partial charge in [0.25, 0.3) is 5.91 Å². The molecule has 0 unspecified atom stereocenters. The first kappa shape index (κ1) is 19.1. The summed E-state index contributed by atoms with van der Waals surface area (Å²) in [5, 5.41) is 9.11. The zero-order valence-electron chi connectivity index (χ0n) is 16.5. The van der Waals surface area contributed by atoms with Crippen molar-refractivity contribution in [2.24, 2.45) is 13.0 Å². The molecule has 28 heavy (non-hydrogen) atoms. The molecule has 4 rings (SSSR count). The molecular weight excluding hydrogens is 366 g/mol. The highest BCUT2D eigenvalue weighted by atomic mass is 32.2. The summed E-state index contributed by atoms with van der Waals surface area (Å²) in [5.74, 6) is 1.57. The first-order valence-electron chi connectivity index (χ1n) is 10.0. The summed E-state index contributed by atoms with van der Waals surface area (Å²) in [6, 6.07) is 16.5. The number of amides is 1. The Morgan fingerprint density at radius 1 is 1.11 bits per heavy atom. The van der Waals surface area contributed by atoms with E-state index in [1.54, 1.807) is 11.8 Å². The lowest BCUT2D eigenvalue weighted by atomic mass is 9.87. The summed E-state index contributed by atoms with van der Waals surface area (Å²) in [5.41, 5.74) is 2.96. The average Bonchev–Trinajstić information content (AvgIpc) is 3.04. The fourth-order valence-electron chi connectivity index (χ4n) is 3.99. The first-order chi connectivity index (χ1) is 13.6. The summed E-state index contributed by atoms with van der Waals surface area (Å²) in [4.78, 5) is 13.9. The number of benzene rings is 2. The zero-order valence-corrected chi connectivity index (χ0v) is 17.3. The van der Waals surface area contributed by atoms with Crippen molar-refractivity contribution in [3.05, 3.63) is 59.8 Å². The van der Waals surface area contributed by atoms with Gasteiger partial charge in [-0.3, -0.25) is 9.48 Å². The highest BCUT2D eigenvalue weighted by molar-refractivity contribution is 7.98. The molecule has 0 saturated heterocycles. The van der Waals surface area contributed by atoms with Crippen LogP contribution in [0.2, 0.25) is 0 Å². The highest BCUT2D eigenvalue weighted by Gasteiger charge is 2.21. The molecule has 1 amide bonds. The molecule has 3 aromatic rings. The Bertz CT molecular complexity index is 973. The van der Waals surface area contributed by atoms with Crippen molar-refractivity contribution in [2.45, 2.75) is 49.3 Å². The molecule has 1 aromatic heterocycles. The molecule has 1 aliphatic carbocycles. The lowest BCUT2D eigenvalue weighted by Crippen LogP contribution is -2.37. The molecule has 1 fully saturated rings. The number of aryl methyl sites for hydroxylation is 1. The number of carbonyl (C=O) groups is 1. The summed E-state index contributed by atoms with van der Waals surface area (Å²) in [6.45, 7) is 2.30. The van der Waals surface area contributed by atoms with Crippen molar-refractivity contribution < 1.29 is 4.79 Å². The molecule has 1 aliphatic rings. The quantitative estimate of drug-likeness (QED) is 0.608. The van der Waals surface area contributed by atoms with Crippen LogP contribution in [0.1, 0.15) is 48.7 Å². The maximum atomic E-state index is 12.9. The maximum absolute atomic E-state index is 12.9. The maximum Gasteiger partial charge on any atom is 0.252 e. The zero-order chi connectivity index (χ0) is 19.5. The Kier molecular flexibility index (Phi) is 5.72. The average molecular weight is 394 g/mol. The Labute approximate surface area is 170 Å². The summed E-state index contributed by atoms with van der Waals surface area (Å²) < 4.78 is 1.92. The van der Waals surface area contributed by atoms with Crippen molar-refractivity contribution in [1.82, 2.24) is 15.1 Å². The van der Waals surface area contributed by atoms with Gasteiger partial charge in [-0.1, -0.05) is 37.3 Å². The van der Waals surface area contributed by atoms with Gasteiger partial charge in [0.2, 0.25) is 0 Å². The largest absolute Gasteiger partial charge is 0.349 e. The number of thioether (sulfide) groups is 1. The summed E-state index contributed by atoms with van der Waals surface area (Å²) in [6.07, 6.45) is 4.58. The smallest absolute Gasteiger partial charge is 0.252 e. The van der Waals surface area contributed by atoms with Crippen LogP contribution >= 0.6 is 11.8 Å². The van der Waals surface area contributed by atoms with Gasteiger partial charge in [-0.2, -0.15) is 5.10 Å². The van der Waals surface area contributed by atoms with E-state index in [9.17, 15) is 4.79 Å². The number of para-hydroxylation sites is 1. The molecule has 0 radical (unpaired) electrons. The molecule has 0 bridgehead atoms. The van der Waals surface area contributed by atoms with Crippen LogP contribution in [-0.2, 0) is 12.8 Å². The number of hydrogen-bond acceptors (Lipinski definition) is 3. The molecule has 146 valence electrons. The van der Waals surface area contributed by atoms with Crippen LogP contribution in [0.25, 0.3) is 10.9 Å². The van der Waals surface area contributed by atoms with Crippen LogP contribution in [0.4, 0.5) is 0 Å². The van der Waals surface area contributed by atoms with Crippen LogP contribution in [0.3, 0.4) is 0 Å². The molecule has 4 nitrogen and oxygen atoms in total. The van der Waals surface area contributed by atoms with Gasteiger partial charge in [0.15, 0.2) is 0 Å². The molecule has 2 aromatic carbocycles. The molecule has 0 atom stereocenters. The molecule has 0 spiro atoms. The van der Waals surface area contributed by atoms with E-state index in [0.29, 0.717) is 6.04 Å². The van der Waals surface area contributed by atoms with Gasteiger partial charge in [0.05, 0.1) is 16.8 Å². The number of aromatic nitrogens is 2.